The maximum atomic E-state index is 12.8. The van der Waals surface area contributed by atoms with Crippen LogP contribution < -0.4 is 5.32 Å². The zero-order valence-electron chi connectivity index (χ0n) is 12.1. The Morgan fingerprint density at radius 1 is 1.14 bits per heavy atom. The van der Waals surface area contributed by atoms with Crippen molar-refractivity contribution in [2.75, 3.05) is 39.8 Å². The predicted octanol–water partition coefficient (Wildman–Crippen LogP) is 0.258. The number of nitrogens with one attached hydrogen (secondary N) is 1. The SMILES string of the molecule is CNC(=O)CN1CCN(C(=O)Cc2ccc(F)cc2)CC1. The lowest BCUT2D eigenvalue weighted by Gasteiger charge is -2.34. The van der Waals surface area contributed by atoms with Gasteiger partial charge in [0.2, 0.25) is 11.8 Å². The van der Waals surface area contributed by atoms with E-state index in [-0.39, 0.29) is 24.1 Å². The molecule has 2 rings (SSSR count). The van der Waals surface area contributed by atoms with Gasteiger partial charge in [0.15, 0.2) is 0 Å². The maximum absolute atomic E-state index is 12.8. The third kappa shape index (κ3) is 4.53. The Balaban J connectivity index is 1.80. The molecule has 0 unspecified atom stereocenters. The number of carbonyl (C=O) groups excluding carboxylic acids is 2. The Morgan fingerprint density at radius 3 is 2.33 bits per heavy atom. The standard InChI is InChI=1S/C15H20FN3O2/c1-17-14(20)11-18-6-8-19(9-7-18)15(21)10-12-2-4-13(16)5-3-12/h2-5H,6-11H2,1H3,(H,17,20). The van der Waals surface area contributed by atoms with Crippen molar-refractivity contribution >= 4 is 11.8 Å². The quantitative estimate of drug-likeness (QED) is 0.866. The normalized spacial score (nSPS) is 15.8. The van der Waals surface area contributed by atoms with E-state index in [4.69, 9.17) is 0 Å². The molecule has 0 atom stereocenters. The topological polar surface area (TPSA) is 52.7 Å². The smallest absolute Gasteiger partial charge is 0.233 e. The molecule has 2 amide bonds. The largest absolute Gasteiger partial charge is 0.358 e. The van der Waals surface area contributed by atoms with E-state index in [9.17, 15) is 14.0 Å². The number of nitrogens with zero attached hydrogens (tertiary/aromatic N) is 2. The van der Waals surface area contributed by atoms with Gasteiger partial charge in [-0.1, -0.05) is 12.1 Å². The first-order valence-corrected chi connectivity index (χ1v) is 7.03. The van der Waals surface area contributed by atoms with E-state index in [1.807, 2.05) is 4.90 Å². The van der Waals surface area contributed by atoms with E-state index in [2.05, 4.69) is 5.32 Å². The molecule has 1 aliphatic rings. The molecule has 0 radical (unpaired) electrons. The number of carbonyl (C=O) groups is 2. The fraction of sp³-hybridized carbons (Fsp3) is 0.467. The lowest BCUT2D eigenvalue weighted by atomic mass is 10.1. The van der Waals surface area contributed by atoms with Crippen LogP contribution in [-0.2, 0) is 16.0 Å². The molecular formula is C15H20FN3O2. The summed E-state index contributed by atoms with van der Waals surface area (Å²) in [6, 6.07) is 6.00. The molecule has 5 nitrogen and oxygen atoms in total. The van der Waals surface area contributed by atoms with Gasteiger partial charge in [-0.25, -0.2) is 4.39 Å². The van der Waals surface area contributed by atoms with E-state index in [0.717, 1.165) is 5.56 Å². The summed E-state index contributed by atoms with van der Waals surface area (Å²) in [5.74, 6) is -0.267. The van der Waals surface area contributed by atoms with Crippen LogP contribution in [0.4, 0.5) is 4.39 Å². The fourth-order valence-electron chi connectivity index (χ4n) is 2.33. The van der Waals surface area contributed by atoms with Crippen LogP contribution in [0.5, 0.6) is 0 Å². The average molecular weight is 293 g/mol. The minimum absolute atomic E-state index is 0.0129. The van der Waals surface area contributed by atoms with Crippen molar-refractivity contribution in [3.63, 3.8) is 0 Å². The van der Waals surface area contributed by atoms with Gasteiger partial charge in [-0.3, -0.25) is 14.5 Å². The zero-order valence-corrected chi connectivity index (χ0v) is 12.1. The Labute approximate surface area is 123 Å². The van der Waals surface area contributed by atoms with Gasteiger partial charge < -0.3 is 10.2 Å². The van der Waals surface area contributed by atoms with Crippen LogP contribution in [0.25, 0.3) is 0 Å². The lowest BCUT2D eigenvalue weighted by Crippen LogP contribution is -2.51. The molecule has 21 heavy (non-hydrogen) atoms. The molecule has 1 heterocycles. The Hall–Kier alpha value is -1.95. The van der Waals surface area contributed by atoms with Gasteiger partial charge in [0.05, 0.1) is 13.0 Å². The second kappa shape index (κ2) is 7.17. The first-order valence-electron chi connectivity index (χ1n) is 7.03. The van der Waals surface area contributed by atoms with E-state index in [1.165, 1.54) is 12.1 Å². The van der Waals surface area contributed by atoms with Crippen molar-refractivity contribution in [1.82, 2.24) is 15.1 Å². The zero-order chi connectivity index (χ0) is 15.2. The van der Waals surface area contributed by atoms with Crippen molar-refractivity contribution in [1.29, 1.82) is 0 Å². The van der Waals surface area contributed by atoms with Crippen molar-refractivity contribution in [2.24, 2.45) is 0 Å². The third-order valence-electron chi connectivity index (χ3n) is 3.64. The van der Waals surface area contributed by atoms with E-state index in [0.29, 0.717) is 32.7 Å². The van der Waals surface area contributed by atoms with Gasteiger partial charge in [0, 0.05) is 33.2 Å². The monoisotopic (exact) mass is 293 g/mol. The molecule has 1 aliphatic heterocycles. The van der Waals surface area contributed by atoms with Crippen LogP contribution >= 0.6 is 0 Å². The molecule has 114 valence electrons. The molecule has 0 aromatic heterocycles. The molecule has 0 spiro atoms. The van der Waals surface area contributed by atoms with Gasteiger partial charge in [0.1, 0.15) is 5.82 Å². The second-order valence-electron chi connectivity index (χ2n) is 5.13. The Bertz CT molecular complexity index is 496. The first-order chi connectivity index (χ1) is 10.1. The summed E-state index contributed by atoms with van der Waals surface area (Å²) in [4.78, 5) is 27.3. The fourth-order valence-corrected chi connectivity index (χ4v) is 2.33. The molecule has 0 aliphatic carbocycles. The summed E-state index contributed by atoms with van der Waals surface area (Å²) in [7, 11) is 1.62. The first kappa shape index (κ1) is 15.4. The number of amides is 2. The minimum Gasteiger partial charge on any atom is -0.358 e. The number of hydrogen-bond acceptors (Lipinski definition) is 3. The van der Waals surface area contributed by atoms with Crippen LogP contribution in [0, 0.1) is 5.82 Å². The average Bonchev–Trinajstić information content (AvgIpc) is 2.50. The number of benzene rings is 1. The predicted molar refractivity (Wildman–Crippen MR) is 77.2 cm³/mol. The van der Waals surface area contributed by atoms with Crippen molar-refractivity contribution in [3.8, 4) is 0 Å². The molecule has 1 fully saturated rings. The Kier molecular flexibility index (Phi) is 5.27. The molecule has 1 saturated heterocycles. The lowest BCUT2D eigenvalue weighted by molar-refractivity contribution is -0.132. The maximum Gasteiger partial charge on any atom is 0.233 e. The molecule has 1 N–H and O–H groups in total. The van der Waals surface area contributed by atoms with Gasteiger partial charge in [0.25, 0.3) is 0 Å². The molecule has 0 bridgehead atoms. The highest BCUT2D eigenvalue weighted by atomic mass is 19.1. The highest BCUT2D eigenvalue weighted by Gasteiger charge is 2.22. The van der Waals surface area contributed by atoms with Gasteiger partial charge in [-0.15, -0.1) is 0 Å². The summed E-state index contributed by atoms with van der Waals surface area (Å²) in [5.41, 5.74) is 0.814. The third-order valence-corrected chi connectivity index (χ3v) is 3.64. The summed E-state index contributed by atoms with van der Waals surface area (Å²) in [6.07, 6.45) is 0.287. The summed E-state index contributed by atoms with van der Waals surface area (Å²) in [5, 5.41) is 2.59. The number of hydrogen-bond donors (Lipinski definition) is 1. The highest BCUT2D eigenvalue weighted by Crippen LogP contribution is 2.08. The van der Waals surface area contributed by atoms with E-state index >= 15 is 0 Å². The molecule has 1 aromatic carbocycles. The Morgan fingerprint density at radius 2 is 1.76 bits per heavy atom. The highest BCUT2D eigenvalue weighted by molar-refractivity contribution is 5.79. The van der Waals surface area contributed by atoms with Crippen molar-refractivity contribution in [2.45, 2.75) is 6.42 Å². The minimum atomic E-state index is -0.297. The van der Waals surface area contributed by atoms with Crippen LogP contribution in [0.2, 0.25) is 0 Å². The van der Waals surface area contributed by atoms with Crippen LogP contribution in [0.3, 0.4) is 0 Å². The van der Waals surface area contributed by atoms with Crippen molar-refractivity contribution < 1.29 is 14.0 Å². The second-order valence-corrected chi connectivity index (χ2v) is 5.13. The molecule has 6 heteroatoms. The number of rotatable bonds is 4. The van der Waals surface area contributed by atoms with E-state index in [1.54, 1.807) is 24.1 Å². The van der Waals surface area contributed by atoms with Crippen LogP contribution in [-0.4, -0.2) is 61.4 Å². The van der Waals surface area contributed by atoms with Gasteiger partial charge >= 0.3 is 0 Å². The molecule has 0 saturated carbocycles. The van der Waals surface area contributed by atoms with Gasteiger partial charge in [-0.05, 0) is 17.7 Å². The van der Waals surface area contributed by atoms with Crippen LogP contribution in [0.1, 0.15) is 5.56 Å². The van der Waals surface area contributed by atoms with E-state index < -0.39 is 0 Å². The number of likely N-dealkylation sites (N-methyl/N-ethyl adjacent to an activating group) is 1. The number of halogens is 1. The summed E-state index contributed by atoms with van der Waals surface area (Å²) < 4.78 is 12.8. The van der Waals surface area contributed by atoms with Crippen molar-refractivity contribution in [3.05, 3.63) is 35.6 Å². The van der Waals surface area contributed by atoms with Crippen LogP contribution in [0.15, 0.2) is 24.3 Å². The molecular weight excluding hydrogens is 273 g/mol. The van der Waals surface area contributed by atoms with Gasteiger partial charge in [-0.2, -0.15) is 0 Å². The molecule has 1 aromatic rings. The summed E-state index contributed by atoms with van der Waals surface area (Å²) >= 11 is 0. The number of piperazine rings is 1. The summed E-state index contributed by atoms with van der Waals surface area (Å²) in [6.45, 7) is 3.01.